The normalized spacial score (nSPS) is 50.3. The molecule has 1 N–H and O–H groups in total. The lowest BCUT2D eigenvalue weighted by atomic mass is 10.0. The van der Waals surface area contributed by atoms with Crippen LogP contribution >= 0.6 is 11.8 Å². The second-order valence-electron chi connectivity index (χ2n) is 6.33. The van der Waals surface area contributed by atoms with E-state index >= 15 is 0 Å². The highest BCUT2D eigenvalue weighted by molar-refractivity contribution is 8.14. The summed E-state index contributed by atoms with van der Waals surface area (Å²) in [4.78, 5) is 4.68. The van der Waals surface area contributed by atoms with Gasteiger partial charge >= 0.3 is 0 Å². The largest absolute Gasteiger partial charge is 0.362 e. The zero-order valence-corrected chi connectivity index (χ0v) is 11.4. The lowest BCUT2D eigenvalue weighted by Crippen LogP contribution is -2.27. The molecule has 3 heteroatoms. The lowest BCUT2D eigenvalue weighted by Gasteiger charge is -2.12. The Kier molecular flexibility index (Phi) is 2.46. The minimum Gasteiger partial charge on any atom is -0.362 e. The number of amidine groups is 1. The number of aliphatic imine (C=N–C) groups is 1. The van der Waals surface area contributed by atoms with Crippen LogP contribution < -0.4 is 5.32 Å². The molecule has 0 saturated heterocycles. The standard InChI is InChI=1S/C14H22N2S/c1-2-3-10-7-15-14(17-10)16-13-11-8-4-5-9(6-8)12(11)13/h8-13H,2-7H2,1H3,(H,15,16). The fraction of sp³-hybridized carbons (Fsp3) is 0.929. The van der Waals surface area contributed by atoms with E-state index in [4.69, 9.17) is 0 Å². The Morgan fingerprint density at radius 3 is 2.76 bits per heavy atom. The van der Waals surface area contributed by atoms with Crippen molar-refractivity contribution in [2.75, 3.05) is 6.54 Å². The molecule has 2 nitrogen and oxygen atoms in total. The summed E-state index contributed by atoms with van der Waals surface area (Å²) in [7, 11) is 0. The predicted octanol–water partition coefficient (Wildman–Crippen LogP) is 2.89. The third-order valence-corrected chi connectivity index (χ3v) is 6.54. The first-order valence-electron chi connectivity index (χ1n) is 7.34. The second kappa shape index (κ2) is 3.91. The smallest absolute Gasteiger partial charge is 0.157 e. The Hall–Kier alpha value is -0.180. The fourth-order valence-corrected chi connectivity index (χ4v) is 5.80. The van der Waals surface area contributed by atoms with Gasteiger partial charge in [-0.1, -0.05) is 25.1 Å². The molecule has 1 aliphatic heterocycles. The van der Waals surface area contributed by atoms with Gasteiger partial charge in [-0.15, -0.1) is 0 Å². The summed E-state index contributed by atoms with van der Waals surface area (Å²) in [5.74, 6) is 4.20. The summed E-state index contributed by atoms with van der Waals surface area (Å²) in [5.41, 5.74) is 0. The highest BCUT2D eigenvalue weighted by Gasteiger charge is 2.65. The second-order valence-corrected chi connectivity index (χ2v) is 7.62. The lowest BCUT2D eigenvalue weighted by molar-refractivity contribution is 0.456. The molecule has 5 unspecified atom stereocenters. The molecule has 0 aromatic rings. The van der Waals surface area contributed by atoms with E-state index in [1.807, 2.05) is 11.8 Å². The molecular weight excluding hydrogens is 228 g/mol. The first-order valence-corrected chi connectivity index (χ1v) is 8.22. The summed E-state index contributed by atoms with van der Waals surface area (Å²) < 4.78 is 0. The number of nitrogens with one attached hydrogen (secondary N) is 1. The molecule has 17 heavy (non-hydrogen) atoms. The van der Waals surface area contributed by atoms with Crippen LogP contribution in [0.5, 0.6) is 0 Å². The van der Waals surface area contributed by atoms with Crippen molar-refractivity contribution in [1.82, 2.24) is 5.32 Å². The Balaban J connectivity index is 1.33. The van der Waals surface area contributed by atoms with E-state index in [9.17, 15) is 0 Å². The molecule has 94 valence electrons. The van der Waals surface area contributed by atoms with Gasteiger partial charge in [-0.3, -0.25) is 4.99 Å². The van der Waals surface area contributed by atoms with Crippen molar-refractivity contribution in [3.8, 4) is 0 Å². The number of hydrogen-bond donors (Lipinski definition) is 1. The Morgan fingerprint density at radius 1 is 1.29 bits per heavy atom. The molecule has 0 radical (unpaired) electrons. The van der Waals surface area contributed by atoms with Gasteiger partial charge in [0.05, 0.1) is 6.54 Å². The third-order valence-electron chi connectivity index (χ3n) is 5.35. The van der Waals surface area contributed by atoms with E-state index in [0.29, 0.717) is 0 Å². The predicted molar refractivity (Wildman–Crippen MR) is 73.3 cm³/mol. The van der Waals surface area contributed by atoms with Crippen LogP contribution in [-0.4, -0.2) is 23.0 Å². The Bertz CT molecular complexity index is 338. The van der Waals surface area contributed by atoms with Gasteiger partial charge < -0.3 is 5.32 Å². The number of hydrogen-bond acceptors (Lipinski definition) is 3. The average molecular weight is 250 g/mol. The van der Waals surface area contributed by atoms with Crippen molar-refractivity contribution in [1.29, 1.82) is 0 Å². The van der Waals surface area contributed by atoms with Crippen LogP contribution in [0.3, 0.4) is 0 Å². The monoisotopic (exact) mass is 250 g/mol. The van der Waals surface area contributed by atoms with E-state index in [0.717, 1.165) is 41.5 Å². The van der Waals surface area contributed by atoms with Crippen LogP contribution in [0.15, 0.2) is 4.99 Å². The van der Waals surface area contributed by atoms with E-state index in [-0.39, 0.29) is 0 Å². The molecule has 5 atom stereocenters. The van der Waals surface area contributed by atoms with Gasteiger partial charge in [-0.25, -0.2) is 0 Å². The summed E-state index contributed by atoms with van der Waals surface area (Å²) in [6, 6.07) is 0.813. The van der Waals surface area contributed by atoms with Crippen molar-refractivity contribution in [2.45, 2.75) is 50.3 Å². The minimum absolute atomic E-state index is 0.762. The first-order chi connectivity index (χ1) is 8.36. The van der Waals surface area contributed by atoms with Crippen LogP contribution in [0, 0.1) is 23.7 Å². The average Bonchev–Trinajstić information content (AvgIpc) is 2.76. The summed E-state index contributed by atoms with van der Waals surface area (Å²) in [5, 5.41) is 5.78. The first kappa shape index (κ1) is 10.7. The molecule has 0 aromatic heterocycles. The van der Waals surface area contributed by atoms with Gasteiger partial charge in [-0.2, -0.15) is 0 Å². The van der Waals surface area contributed by atoms with Crippen molar-refractivity contribution in [2.24, 2.45) is 28.7 Å². The zero-order valence-electron chi connectivity index (χ0n) is 10.6. The minimum atomic E-state index is 0.762. The van der Waals surface area contributed by atoms with Crippen LogP contribution in [-0.2, 0) is 0 Å². The topological polar surface area (TPSA) is 24.4 Å². The Labute approximate surface area is 108 Å². The molecule has 0 aromatic carbocycles. The number of fused-ring (bicyclic) bond motifs is 5. The van der Waals surface area contributed by atoms with Crippen LogP contribution in [0.1, 0.15) is 39.0 Å². The number of rotatable bonds is 3. The van der Waals surface area contributed by atoms with Crippen molar-refractivity contribution in [3.63, 3.8) is 0 Å². The zero-order chi connectivity index (χ0) is 11.4. The third kappa shape index (κ3) is 1.65. The van der Waals surface area contributed by atoms with Crippen LogP contribution in [0.4, 0.5) is 0 Å². The molecule has 2 bridgehead atoms. The highest BCUT2D eigenvalue weighted by Crippen LogP contribution is 2.65. The fourth-order valence-electron chi connectivity index (χ4n) is 4.63. The van der Waals surface area contributed by atoms with Crippen molar-refractivity contribution in [3.05, 3.63) is 0 Å². The molecule has 3 fully saturated rings. The molecular formula is C14H22N2S. The SMILES string of the molecule is CCCC1CN=C(NC2C3C4CCC(C4)C23)S1. The van der Waals surface area contributed by atoms with E-state index < -0.39 is 0 Å². The number of nitrogens with zero attached hydrogens (tertiary/aromatic N) is 1. The molecule has 3 saturated carbocycles. The van der Waals surface area contributed by atoms with Crippen molar-refractivity contribution < 1.29 is 0 Å². The van der Waals surface area contributed by atoms with Gasteiger partial charge in [0, 0.05) is 11.3 Å². The molecule has 4 rings (SSSR count). The van der Waals surface area contributed by atoms with E-state index in [1.54, 1.807) is 6.42 Å². The molecule has 1 heterocycles. The summed E-state index contributed by atoms with van der Waals surface area (Å²) in [6.45, 7) is 3.32. The summed E-state index contributed by atoms with van der Waals surface area (Å²) in [6.07, 6.45) is 7.19. The maximum absolute atomic E-state index is 4.68. The number of thioether (sulfide) groups is 1. The molecule has 4 aliphatic rings. The maximum atomic E-state index is 4.68. The molecule has 0 amide bonds. The summed E-state index contributed by atoms with van der Waals surface area (Å²) >= 11 is 2.00. The van der Waals surface area contributed by atoms with Crippen LogP contribution in [0.25, 0.3) is 0 Å². The van der Waals surface area contributed by atoms with Gasteiger partial charge in [-0.05, 0) is 49.4 Å². The van der Waals surface area contributed by atoms with E-state index in [1.165, 1.54) is 30.9 Å². The Morgan fingerprint density at radius 2 is 2.06 bits per heavy atom. The van der Waals surface area contributed by atoms with Crippen LogP contribution in [0.2, 0.25) is 0 Å². The highest BCUT2D eigenvalue weighted by atomic mass is 32.2. The van der Waals surface area contributed by atoms with Gasteiger partial charge in [0.25, 0.3) is 0 Å². The molecule has 0 spiro atoms. The molecule has 3 aliphatic carbocycles. The van der Waals surface area contributed by atoms with Gasteiger partial charge in [0.2, 0.25) is 0 Å². The van der Waals surface area contributed by atoms with E-state index in [2.05, 4.69) is 17.2 Å². The van der Waals surface area contributed by atoms with Crippen molar-refractivity contribution >= 4 is 16.9 Å². The van der Waals surface area contributed by atoms with Gasteiger partial charge in [0.1, 0.15) is 0 Å². The van der Waals surface area contributed by atoms with Gasteiger partial charge in [0.15, 0.2) is 5.17 Å². The maximum Gasteiger partial charge on any atom is 0.157 e. The quantitative estimate of drug-likeness (QED) is 0.833.